The summed E-state index contributed by atoms with van der Waals surface area (Å²) in [5.74, 6) is -1.40. The second-order valence-corrected chi connectivity index (χ2v) is 14.1. The van der Waals surface area contributed by atoms with Crippen molar-refractivity contribution in [3.63, 3.8) is 0 Å². The first-order valence-corrected chi connectivity index (χ1v) is 16.7. The van der Waals surface area contributed by atoms with Gasteiger partial charge in [-0.15, -0.1) is 0 Å². The zero-order valence-corrected chi connectivity index (χ0v) is 28.3. The van der Waals surface area contributed by atoms with Crippen molar-refractivity contribution in [1.29, 1.82) is 0 Å². The zero-order valence-electron chi connectivity index (χ0n) is 24.4. The van der Waals surface area contributed by atoms with Crippen LogP contribution in [0.5, 0.6) is 0 Å². The van der Waals surface area contributed by atoms with Crippen LogP contribution in [0.25, 0.3) is 11.3 Å². The molecular formula is C29H24BrCl2F4N3O6S. The summed E-state index contributed by atoms with van der Waals surface area (Å²) in [5, 5.41) is 7.43. The van der Waals surface area contributed by atoms with Crippen molar-refractivity contribution < 1.29 is 44.8 Å². The van der Waals surface area contributed by atoms with Crippen LogP contribution in [0.4, 0.5) is 17.6 Å². The fraction of sp³-hybridized carbons (Fsp3) is 0.310. The van der Waals surface area contributed by atoms with E-state index in [0.717, 1.165) is 38.3 Å². The predicted molar refractivity (Wildman–Crippen MR) is 163 cm³/mol. The molecule has 1 aliphatic rings. The van der Waals surface area contributed by atoms with Crippen LogP contribution in [-0.2, 0) is 27.8 Å². The predicted octanol–water partition coefficient (Wildman–Crippen LogP) is 8.07. The van der Waals surface area contributed by atoms with Gasteiger partial charge in [-0.25, -0.2) is 17.6 Å². The molecule has 0 unspecified atom stereocenters. The highest BCUT2D eigenvalue weighted by molar-refractivity contribution is 9.10. The third-order valence-electron chi connectivity index (χ3n) is 6.51. The van der Waals surface area contributed by atoms with Crippen molar-refractivity contribution in [2.75, 3.05) is 6.26 Å². The van der Waals surface area contributed by atoms with Gasteiger partial charge < -0.3 is 9.26 Å². The van der Waals surface area contributed by atoms with E-state index in [1.54, 1.807) is 13.8 Å². The molecule has 1 aliphatic carbocycles. The van der Waals surface area contributed by atoms with E-state index in [9.17, 15) is 35.6 Å². The number of nitrogens with zero attached hydrogens (tertiary/aromatic N) is 3. The molecule has 0 amide bonds. The number of benzene rings is 2. The van der Waals surface area contributed by atoms with Crippen LogP contribution in [0.1, 0.15) is 70.3 Å². The van der Waals surface area contributed by atoms with Crippen molar-refractivity contribution in [3.05, 3.63) is 85.0 Å². The fourth-order valence-electron chi connectivity index (χ4n) is 4.34. The van der Waals surface area contributed by atoms with E-state index < -0.39 is 49.9 Å². The Morgan fingerprint density at radius 1 is 1.11 bits per heavy atom. The minimum atomic E-state index is -4.69. The number of sulfone groups is 1. The molecule has 0 spiro atoms. The van der Waals surface area contributed by atoms with Crippen LogP contribution < -0.4 is 0 Å². The van der Waals surface area contributed by atoms with Crippen LogP contribution in [0.15, 0.2) is 50.4 Å². The lowest BCUT2D eigenvalue weighted by atomic mass is 10.0. The molecule has 1 fully saturated rings. The molecule has 0 N–H and O–H groups in total. The monoisotopic (exact) mass is 767 g/mol. The molecule has 5 rings (SSSR count). The smallest absolute Gasteiger partial charge is 0.434 e. The number of hydrogen-bond acceptors (Lipinski definition) is 8. The molecule has 246 valence electrons. The molecule has 0 radical (unpaired) electrons. The van der Waals surface area contributed by atoms with Crippen LogP contribution in [0.2, 0.25) is 10.0 Å². The first-order valence-electron chi connectivity index (χ1n) is 13.3. The lowest BCUT2D eigenvalue weighted by Crippen LogP contribution is -2.12. The van der Waals surface area contributed by atoms with Crippen molar-refractivity contribution in [3.8, 4) is 11.3 Å². The molecule has 0 saturated heterocycles. The summed E-state index contributed by atoms with van der Waals surface area (Å²) in [4.78, 5) is 24.6. The van der Waals surface area contributed by atoms with E-state index in [-0.39, 0.29) is 43.2 Å². The number of hydrogen-bond donors (Lipinski definition) is 0. The van der Waals surface area contributed by atoms with E-state index in [0.29, 0.717) is 16.0 Å². The standard InChI is InChI=1S/C15H12BrClF4N2O2.C14H12ClNO4S/c1-6(2)25-14(24)7-4-8(10(18)5-9(7)17)12-11(16)13(15(19,20)21)23(3)22-12;1-21(18,19)12-6-9(15)4-5-10(12)13(17)11-7-16-20-14(11)8-2-3-8/h4-6H,1-3H3;4-8H,2-3H2,1H3. The zero-order chi connectivity index (χ0) is 34.3. The molecule has 0 atom stereocenters. The first-order chi connectivity index (χ1) is 21.3. The van der Waals surface area contributed by atoms with Gasteiger partial charge in [-0.05, 0) is 73.0 Å². The highest BCUT2D eigenvalue weighted by Crippen LogP contribution is 2.43. The summed E-state index contributed by atoms with van der Waals surface area (Å²) in [7, 11) is -2.48. The molecule has 2 aromatic heterocycles. The van der Waals surface area contributed by atoms with Gasteiger partial charge in [-0.1, -0.05) is 28.4 Å². The van der Waals surface area contributed by atoms with Gasteiger partial charge in [0.15, 0.2) is 27.1 Å². The number of carbonyl (C=O) groups excluding carboxylic acids is 2. The molecule has 46 heavy (non-hydrogen) atoms. The number of alkyl halides is 3. The molecule has 4 aromatic rings. The van der Waals surface area contributed by atoms with Crippen LogP contribution >= 0.6 is 39.1 Å². The number of rotatable bonds is 7. The third-order valence-corrected chi connectivity index (χ3v) is 8.95. The lowest BCUT2D eigenvalue weighted by molar-refractivity contribution is -0.144. The molecule has 0 aliphatic heterocycles. The van der Waals surface area contributed by atoms with Crippen molar-refractivity contribution >= 4 is 60.7 Å². The Balaban J connectivity index is 0.000000211. The fourth-order valence-corrected chi connectivity index (χ4v) is 6.48. The van der Waals surface area contributed by atoms with E-state index in [1.807, 2.05) is 0 Å². The van der Waals surface area contributed by atoms with Gasteiger partial charge in [-0.2, -0.15) is 18.3 Å². The first kappa shape index (κ1) is 35.6. The van der Waals surface area contributed by atoms with Gasteiger partial charge in [0.25, 0.3) is 0 Å². The second-order valence-electron chi connectivity index (χ2n) is 10.5. The SMILES string of the molecule is CC(C)OC(=O)c1cc(-c2nn(C)c(C(F)(F)F)c2Br)c(F)cc1Cl.CS(=O)(=O)c1cc(Cl)ccc1C(=O)c1cnoc1C1CC1. The Morgan fingerprint density at radius 2 is 1.76 bits per heavy atom. The minimum Gasteiger partial charge on any atom is -0.459 e. The number of ether oxygens (including phenoxy) is 1. The molecule has 9 nitrogen and oxygen atoms in total. The lowest BCUT2D eigenvalue weighted by Gasteiger charge is -2.11. The van der Waals surface area contributed by atoms with Gasteiger partial charge in [0.2, 0.25) is 0 Å². The summed E-state index contributed by atoms with van der Waals surface area (Å²) in [6, 6.07) is 6.06. The third kappa shape index (κ3) is 7.81. The van der Waals surface area contributed by atoms with Crippen LogP contribution in [-0.4, -0.2) is 47.5 Å². The maximum atomic E-state index is 14.3. The number of halogens is 7. The molecular weight excluding hydrogens is 745 g/mol. The number of esters is 1. The maximum Gasteiger partial charge on any atom is 0.434 e. The topological polar surface area (TPSA) is 121 Å². The largest absolute Gasteiger partial charge is 0.459 e. The average Bonchev–Trinajstić information content (AvgIpc) is 3.57. The van der Waals surface area contributed by atoms with Crippen LogP contribution in [0.3, 0.4) is 0 Å². The normalized spacial score (nSPS) is 13.4. The van der Waals surface area contributed by atoms with Gasteiger partial charge in [0, 0.05) is 35.4 Å². The number of aromatic nitrogens is 3. The Morgan fingerprint density at radius 3 is 2.30 bits per heavy atom. The Kier molecular flexibility index (Phi) is 10.4. The molecule has 2 aromatic carbocycles. The summed E-state index contributed by atoms with van der Waals surface area (Å²) in [6.45, 7) is 3.22. The highest BCUT2D eigenvalue weighted by atomic mass is 79.9. The summed E-state index contributed by atoms with van der Waals surface area (Å²) < 4.78 is 87.5. The quantitative estimate of drug-likeness (QED) is 0.105. The van der Waals surface area contributed by atoms with Crippen molar-refractivity contribution in [1.82, 2.24) is 14.9 Å². The Hall–Kier alpha value is -3.27. The molecule has 1 saturated carbocycles. The van der Waals surface area contributed by atoms with E-state index in [2.05, 4.69) is 26.2 Å². The maximum absolute atomic E-state index is 14.3. The number of carbonyl (C=O) groups is 2. The molecule has 0 bridgehead atoms. The second kappa shape index (κ2) is 13.5. The van der Waals surface area contributed by atoms with Gasteiger partial charge in [0.05, 0.1) is 37.8 Å². The highest BCUT2D eigenvalue weighted by Gasteiger charge is 2.39. The van der Waals surface area contributed by atoms with Crippen molar-refractivity contribution in [2.24, 2.45) is 7.05 Å². The summed E-state index contributed by atoms with van der Waals surface area (Å²) >= 11 is 14.5. The summed E-state index contributed by atoms with van der Waals surface area (Å²) in [6.07, 6.45) is -0.845. The average molecular weight is 769 g/mol. The Labute approximate surface area is 278 Å². The van der Waals surface area contributed by atoms with Crippen LogP contribution in [0, 0.1) is 5.82 Å². The molecule has 2 heterocycles. The van der Waals surface area contributed by atoms with E-state index in [1.165, 1.54) is 24.4 Å². The number of ketones is 1. The number of aryl methyl sites for hydroxylation is 1. The Bertz CT molecular complexity index is 1940. The van der Waals surface area contributed by atoms with E-state index in [4.69, 9.17) is 32.5 Å². The summed E-state index contributed by atoms with van der Waals surface area (Å²) in [5.41, 5.74) is -1.45. The van der Waals surface area contributed by atoms with E-state index >= 15 is 0 Å². The van der Waals surface area contributed by atoms with Gasteiger partial charge in [-0.3, -0.25) is 9.48 Å². The van der Waals surface area contributed by atoms with Gasteiger partial charge in [0.1, 0.15) is 11.5 Å². The minimum absolute atomic E-state index is 0.0806. The van der Waals surface area contributed by atoms with Gasteiger partial charge >= 0.3 is 12.1 Å². The molecule has 17 heteroatoms. The van der Waals surface area contributed by atoms with Crippen molar-refractivity contribution in [2.45, 2.75) is 49.8 Å².